The second-order valence-electron chi connectivity index (χ2n) is 8.07. The van der Waals surface area contributed by atoms with Crippen LogP contribution in [0.1, 0.15) is 21.6 Å². The molecular weight excluding hydrogens is 484 g/mol. The highest BCUT2D eigenvalue weighted by molar-refractivity contribution is 6.31. The van der Waals surface area contributed by atoms with Gasteiger partial charge < -0.3 is 14.8 Å². The lowest BCUT2D eigenvalue weighted by molar-refractivity contribution is 0.0738. The highest BCUT2D eigenvalue weighted by Gasteiger charge is 2.28. The number of benzene rings is 3. The van der Waals surface area contributed by atoms with E-state index in [1.807, 2.05) is 6.07 Å². The molecule has 2 heterocycles. The Morgan fingerprint density at radius 2 is 1.86 bits per heavy atom. The van der Waals surface area contributed by atoms with Gasteiger partial charge in [0.2, 0.25) is 0 Å². The molecule has 0 atom stereocenters. The lowest BCUT2D eigenvalue weighted by Crippen LogP contribution is -2.35. The summed E-state index contributed by atoms with van der Waals surface area (Å²) in [6, 6.07) is 19.7. The number of carbonyl (C=O) groups is 2. The van der Waals surface area contributed by atoms with Gasteiger partial charge in [-0.05, 0) is 48.5 Å². The van der Waals surface area contributed by atoms with Crippen molar-refractivity contribution in [3.8, 4) is 5.75 Å². The average molecular weight is 503 g/mol. The molecule has 0 spiro atoms. The third kappa shape index (κ3) is 4.27. The number of pyridine rings is 1. The Morgan fingerprint density at radius 3 is 2.64 bits per heavy atom. The standard InChI is InChI=1S/C26H19ClN4O5/c1-30(17-7-3-2-4-8-17)26(35)36-18-9-5-6-15(12-18)25(34)31-14-20-22(24(33)29-31)28-21-13-16(27)10-11-19(21)23(20)32/h2-13H,14H2,1H3,(H,28,32)(H,29,33). The summed E-state index contributed by atoms with van der Waals surface area (Å²) in [5, 5.41) is 16.3. The lowest BCUT2D eigenvalue weighted by atomic mass is 10.1. The number of fused-ring (bicyclic) bond motifs is 2. The largest absolute Gasteiger partial charge is 0.491 e. The smallest absolute Gasteiger partial charge is 0.419 e. The maximum Gasteiger partial charge on any atom is 0.419 e. The third-order valence-corrected chi connectivity index (χ3v) is 5.98. The number of halogens is 1. The van der Waals surface area contributed by atoms with Gasteiger partial charge in [0.05, 0.1) is 17.6 Å². The molecule has 2 N–H and O–H groups in total. The fourth-order valence-corrected chi connectivity index (χ4v) is 4.05. The first kappa shape index (κ1) is 23.1. The average Bonchev–Trinajstić information content (AvgIpc) is 2.89. The zero-order valence-electron chi connectivity index (χ0n) is 18.9. The fraction of sp³-hybridized carbons (Fsp3) is 0.0769. The lowest BCUT2D eigenvalue weighted by Gasteiger charge is -2.23. The number of ether oxygens (including phenoxy) is 1. The van der Waals surface area contributed by atoms with Crippen molar-refractivity contribution in [2.45, 2.75) is 6.54 Å². The van der Waals surface area contributed by atoms with E-state index >= 15 is 0 Å². The number of amides is 2. The highest BCUT2D eigenvalue weighted by atomic mass is 35.5. The summed E-state index contributed by atoms with van der Waals surface area (Å²) in [5.41, 5.74) is 1.23. The molecule has 0 bridgehead atoms. The number of aromatic nitrogens is 1. The number of hydrogen-bond acceptors (Lipinski definition) is 5. The molecule has 2 amide bonds. The van der Waals surface area contributed by atoms with E-state index < -0.39 is 17.9 Å². The van der Waals surface area contributed by atoms with E-state index in [0.29, 0.717) is 21.6 Å². The molecular formula is C26H19ClN4O5. The van der Waals surface area contributed by atoms with E-state index in [1.54, 1.807) is 61.6 Å². The summed E-state index contributed by atoms with van der Waals surface area (Å²) in [6.07, 6.45) is -0.633. The van der Waals surface area contributed by atoms with Gasteiger partial charge in [0.15, 0.2) is 5.43 Å². The van der Waals surface area contributed by atoms with Crippen molar-refractivity contribution in [2.75, 3.05) is 11.9 Å². The molecule has 9 nitrogen and oxygen atoms in total. The first-order valence-electron chi connectivity index (χ1n) is 10.9. The van der Waals surface area contributed by atoms with Crippen LogP contribution in [0, 0.1) is 0 Å². The summed E-state index contributed by atoms with van der Waals surface area (Å²) in [7, 11) is 1.57. The first-order valence-corrected chi connectivity index (χ1v) is 11.2. The third-order valence-electron chi connectivity index (χ3n) is 5.75. The van der Waals surface area contributed by atoms with Crippen molar-refractivity contribution in [3.05, 3.63) is 105 Å². The maximum absolute atomic E-state index is 13.2. The van der Waals surface area contributed by atoms with Crippen molar-refractivity contribution in [1.82, 2.24) is 9.99 Å². The number of nitrogens with zero attached hydrogens (tertiary/aromatic N) is 3. The summed E-state index contributed by atoms with van der Waals surface area (Å²) >= 11 is 6.01. The monoisotopic (exact) mass is 502 g/mol. The van der Waals surface area contributed by atoms with Crippen molar-refractivity contribution >= 4 is 46.1 Å². The molecule has 0 aliphatic carbocycles. The zero-order valence-corrected chi connectivity index (χ0v) is 19.7. The van der Waals surface area contributed by atoms with Crippen LogP contribution in [-0.4, -0.2) is 40.0 Å². The second kappa shape index (κ2) is 9.20. The molecule has 36 heavy (non-hydrogen) atoms. The number of hydrogen-bond donors (Lipinski definition) is 2. The first-order chi connectivity index (χ1) is 17.3. The molecule has 0 radical (unpaired) electrons. The van der Waals surface area contributed by atoms with Gasteiger partial charge in [0, 0.05) is 28.7 Å². The highest BCUT2D eigenvalue weighted by Crippen LogP contribution is 2.23. The molecule has 1 aromatic heterocycles. The van der Waals surface area contributed by atoms with E-state index in [0.717, 1.165) is 5.01 Å². The minimum absolute atomic E-state index is 0.130. The number of para-hydroxylation sites is 1. The topological polar surface area (TPSA) is 115 Å². The van der Waals surface area contributed by atoms with Gasteiger partial charge in [0.25, 0.3) is 11.8 Å². The summed E-state index contributed by atoms with van der Waals surface area (Å²) in [6.45, 7) is -0.160. The molecule has 3 aromatic carbocycles. The number of carbonyl (C=O) groups excluding carboxylic acids is 2. The predicted octanol–water partition coefficient (Wildman–Crippen LogP) is 4.69. The van der Waals surface area contributed by atoms with Crippen LogP contribution in [0.2, 0.25) is 5.02 Å². The molecule has 4 aromatic rings. The van der Waals surface area contributed by atoms with Gasteiger partial charge in [-0.1, -0.05) is 35.9 Å². The van der Waals surface area contributed by atoms with E-state index in [1.165, 1.54) is 17.0 Å². The van der Waals surface area contributed by atoms with Gasteiger partial charge in [-0.3, -0.25) is 14.5 Å². The van der Waals surface area contributed by atoms with Gasteiger partial charge >= 0.3 is 6.09 Å². The summed E-state index contributed by atoms with van der Waals surface area (Å²) < 4.78 is 5.43. The van der Waals surface area contributed by atoms with E-state index in [4.69, 9.17) is 16.3 Å². The molecule has 0 saturated carbocycles. The summed E-state index contributed by atoms with van der Waals surface area (Å²) in [4.78, 5) is 43.1. The Bertz CT molecular complexity index is 1600. The number of aromatic amines is 1. The Hall–Kier alpha value is -4.63. The maximum atomic E-state index is 13.2. The molecule has 180 valence electrons. The number of anilines is 1. The SMILES string of the molecule is CN(C(=O)Oc1cccc(C(=O)N2Cc3c([nH]c4cc(Cl)ccc4c3=O)C(O)=N2)c1)c1ccccc1. The minimum atomic E-state index is -0.633. The van der Waals surface area contributed by atoms with Crippen LogP contribution in [0.15, 0.2) is 82.7 Å². The van der Waals surface area contributed by atoms with Gasteiger partial charge in [-0.25, -0.2) is 9.80 Å². The number of aliphatic hydroxyl groups excluding tert-OH is 1. The molecule has 0 unspecified atom stereocenters. The molecule has 5 rings (SSSR count). The second-order valence-corrected chi connectivity index (χ2v) is 8.51. The molecule has 0 fully saturated rings. The van der Waals surface area contributed by atoms with E-state index in [2.05, 4.69) is 10.1 Å². The van der Waals surface area contributed by atoms with Crippen molar-refractivity contribution < 1.29 is 19.4 Å². The normalized spacial score (nSPS) is 12.6. The molecule has 1 aliphatic heterocycles. The van der Waals surface area contributed by atoms with Crippen molar-refractivity contribution in [2.24, 2.45) is 5.10 Å². The number of H-pyrrole nitrogens is 1. The van der Waals surface area contributed by atoms with Crippen molar-refractivity contribution in [3.63, 3.8) is 0 Å². The van der Waals surface area contributed by atoms with Crippen LogP contribution in [0.4, 0.5) is 10.5 Å². The number of aliphatic hydroxyl groups is 1. The number of rotatable bonds is 3. The van der Waals surface area contributed by atoms with Crippen molar-refractivity contribution in [1.29, 1.82) is 0 Å². The quantitative estimate of drug-likeness (QED) is 0.421. The van der Waals surface area contributed by atoms with Crippen LogP contribution >= 0.6 is 11.6 Å². The Balaban J connectivity index is 1.39. The molecule has 1 aliphatic rings. The van der Waals surface area contributed by atoms with Gasteiger partial charge in [-0.15, -0.1) is 5.10 Å². The molecule has 0 saturated heterocycles. The van der Waals surface area contributed by atoms with Gasteiger partial charge in [-0.2, -0.15) is 0 Å². The Morgan fingerprint density at radius 1 is 1.08 bits per heavy atom. The fourth-order valence-electron chi connectivity index (χ4n) is 3.88. The van der Waals surface area contributed by atoms with Crippen LogP contribution < -0.4 is 15.1 Å². The van der Waals surface area contributed by atoms with Crippen LogP contribution in [0.5, 0.6) is 5.75 Å². The Kier molecular flexibility index (Phi) is 5.91. The summed E-state index contributed by atoms with van der Waals surface area (Å²) in [5.74, 6) is -0.937. The van der Waals surface area contributed by atoms with E-state index in [-0.39, 0.29) is 34.5 Å². The zero-order chi connectivity index (χ0) is 25.4. The number of hydrazone groups is 1. The van der Waals surface area contributed by atoms with Crippen LogP contribution in [0.25, 0.3) is 10.9 Å². The van der Waals surface area contributed by atoms with Crippen LogP contribution in [0.3, 0.4) is 0 Å². The number of nitrogens with one attached hydrogen (secondary N) is 1. The van der Waals surface area contributed by atoms with E-state index in [9.17, 15) is 19.5 Å². The molecule has 10 heteroatoms. The van der Waals surface area contributed by atoms with Gasteiger partial charge in [0.1, 0.15) is 11.4 Å². The van der Waals surface area contributed by atoms with Crippen LogP contribution in [-0.2, 0) is 6.54 Å². The Labute approximate surface area is 209 Å². The minimum Gasteiger partial charge on any atom is -0.491 e. The predicted molar refractivity (Wildman–Crippen MR) is 136 cm³/mol.